The molecule has 1 unspecified atom stereocenters. The molecule has 72 valence electrons. The largest absolute Gasteiger partial charge is 0.361 e. The van der Waals surface area contributed by atoms with Gasteiger partial charge in [0.2, 0.25) is 0 Å². The van der Waals surface area contributed by atoms with Gasteiger partial charge in [-0.3, -0.25) is 0 Å². The predicted molar refractivity (Wildman–Crippen MR) is 53.6 cm³/mol. The van der Waals surface area contributed by atoms with Gasteiger partial charge in [0.05, 0.1) is 0 Å². The highest BCUT2D eigenvalue weighted by Crippen LogP contribution is 2.29. The highest BCUT2D eigenvalue weighted by Gasteiger charge is 2.21. The van der Waals surface area contributed by atoms with Crippen LogP contribution in [-0.2, 0) is 0 Å². The second-order valence-electron chi connectivity index (χ2n) is 3.73. The van der Waals surface area contributed by atoms with Gasteiger partial charge in [-0.05, 0) is 36.7 Å². The first-order valence-electron chi connectivity index (χ1n) is 4.84. The zero-order valence-corrected chi connectivity index (χ0v) is 7.68. The van der Waals surface area contributed by atoms with Crippen LogP contribution >= 0.6 is 0 Å². The number of halogens is 1. The third-order valence-corrected chi connectivity index (χ3v) is 2.87. The fourth-order valence-electron chi connectivity index (χ4n) is 1.96. The molecule has 2 N–H and O–H groups in total. The van der Waals surface area contributed by atoms with Crippen LogP contribution in [0.15, 0.2) is 24.4 Å². The Bertz CT molecular complexity index is 471. The molecule has 0 radical (unpaired) electrons. The molecule has 1 aliphatic rings. The minimum atomic E-state index is -0.169. The van der Waals surface area contributed by atoms with Crippen LogP contribution in [0.3, 0.4) is 0 Å². The van der Waals surface area contributed by atoms with E-state index < -0.39 is 0 Å². The van der Waals surface area contributed by atoms with Crippen LogP contribution in [-0.4, -0.2) is 11.5 Å². The molecule has 1 aromatic heterocycles. The van der Waals surface area contributed by atoms with E-state index >= 15 is 0 Å². The van der Waals surface area contributed by atoms with E-state index in [0.29, 0.717) is 6.04 Å². The van der Waals surface area contributed by atoms with Crippen molar-refractivity contribution in [1.82, 2.24) is 10.3 Å². The van der Waals surface area contributed by atoms with Crippen molar-refractivity contribution >= 4 is 10.9 Å². The quantitative estimate of drug-likeness (QED) is 0.709. The Morgan fingerprint density at radius 3 is 2.93 bits per heavy atom. The average molecular weight is 190 g/mol. The molecule has 0 aliphatic carbocycles. The lowest BCUT2D eigenvalue weighted by molar-refractivity contribution is 0.385. The molecular formula is C11H11FN2. The molecule has 2 nitrogen and oxygen atoms in total. The van der Waals surface area contributed by atoms with Gasteiger partial charge in [-0.1, -0.05) is 0 Å². The van der Waals surface area contributed by atoms with Gasteiger partial charge in [0, 0.05) is 23.1 Å². The molecule has 3 heteroatoms. The molecular weight excluding hydrogens is 179 g/mol. The van der Waals surface area contributed by atoms with Crippen LogP contribution in [0.25, 0.3) is 10.9 Å². The third-order valence-electron chi connectivity index (χ3n) is 2.87. The van der Waals surface area contributed by atoms with Crippen molar-refractivity contribution < 1.29 is 4.39 Å². The molecule has 3 rings (SSSR count). The summed E-state index contributed by atoms with van der Waals surface area (Å²) in [6, 6.07) is 5.27. The number of aromatic amines is 1. The molecule has 2 heterocycles. The summed E-state index contributed by atoms with van der Waals surface area (Å²) in [5.41, 5.74) is 2.20. The maximum atomic E-state index is 13.0. The van der Waals surface area contributed by atoms with Crippen LogP contribution in [0, 0.1) is 5.82 Å². The van der Waals surface area contributed by atoms with E-state index in [1.165, 1.54) is 11.6 Å². The Hall–Kier alpha value is -1.35. The van der Waals surface area contributed by atoms with Gasteiger partial charge in [0.1, 0.15) is 5.82 Å². The Kier molecular flexibility index (Phi) is 1.61. The number of hydrogen-bond acceptors (Lipinski definition) is 1. The fraction of sp³-hybridized carbons (Fsp3) is 0.273. The van der Waals surface area contributed by atoms with Gasteiger partial charge in [0.25, 0.3) is 0 Å². The van der Waals surface area contributed by atoms with Crippen molar-refractivity contribution in [3.8, 4) is 0 Å². The zero-order chi connectivity index (χ0) is 9.54. The number of H-pyrrole nitrogens is 1. The Morgan fingerprint density at radius 1 is 1.36 bits per heavy atom. The summed E-state index contributed by atoms with van der Waals surface area (Å²) in [4.78, 5) is 3.16. The standard InChI is InChI=1S/C11H11FN2/c12-7-1-2-10-8(5-7)9(6-14-10)11-3-4-13-11/h1-2,5-6,11,13-14H,3-4H2. The van der Waals surface area contributed by atoms with Crippen molar-refractivity contribution in [3.05, 3.63) is 35.8 Å². The molecule has 0 spiro atoms. The van der Waals surface area contributed by atoms with E-state index in [-0.39, 0.29) is 5.82 Å². The molecule has 14 heavy (non-hydrogen) atoms. The summed E-state index contributed by atoms with van der Waals surface area (Å²) >= 11 is 0. The summed E-state index contributed by atoms with van der Waals surface area (Å²) in [5, 5.41) is 4.32. The first-order chi connectivity index (χ1) is 6.84. The van der Waals surface area contributed by atoms with Crippen molar-refractivity contribution in [3.63, 3.8) is 0 Å². The van der Waals surface area contributed by atoms with Gasteiger partial charge in [-0.2, -0.15) is 0 Å². The second-order valence-corrected chi connectivity index (χ2v) is 3.73. The lowest BCUT2D eigenvalue weighted by atomic mass is 9.98. The van der Waals surface area contributed by atoms with Gasteiger partial charge in [-0.25, -0.2) is 4.39 Å². The summed E-state index contributed by atoms with van der Waals surface area (Å²) in [6.07, 6.45) is 3.12. The number of fused-ring (bicyclic) bond motifs is 1. The van der Waals surface area contributed by atoms with Crippen LogP contribution in [0.5, 0.6) is 0 Å². The predicted octanol–water partition coefficient (Wildman–Crippen LogP) is 2.34. The fourth-order valence-corrected chi connectivity index (χ4v) is 1.96. The first-order valence-corrected chi connectivity index (χ1v) is 4.84. The van der Waals surface area contributed by atoms with Gasteiger partial charge >= 0.3 is 0 Å². The number of benzene rings is 1. The number of hydrogen-bond donors (Lipinski definition) is 2. The maximum Gasteiger partial charge on any atom is 0.123 e. The molecule has 2 aromatic rings. The van der Waals surface area contributed by atoms with Gasteiger partial charge in [-0.15, -0.1) is 0 Å². The van der Waals surface area contributed by atoms with Crippen molar-refractivity contribution in [2.75, 3.05) is 6.54 Å². The van der Waals surface area contributed by atoms with E-state index in [9.17, 15) is 4.39 Å². The minimum absolute atomic E-state index is 0.169. The third kappa shape index (κ3) is 1.06. The number of nitrogens with one attached hydrogen (secondary N) is 2. The van der Waals surface area contributed by atoms with Crippen molar-refractivity contribution in [1.29, 1.82) is 0 Å². The highest BCUT2D eigenvalue weighted by atomic mass is 19.1. The SMILES string of the molecule is Fc1ccc2[nH]cc(C3CCN3)c2c1. The summed E-state index contributed by atoms with van der Waals surface area (Å²) in [7, 11) is 0. The Labute approximate surface area is 81.1 Å². The summed E-state index contributed by atoms with van der Waals surface area (Å²) in [5.74, 6) is -0.169. The lowest BCUT2D eigenvalue weighted by Gasteiger charge is -2.27. The van der Waals surface area contributed by atoms with E-state index in [4.69, 9.17) is 0 Å². The zero-order valence-electron chi connectivity index (χ0n) is 7.68. The van der Waals surface area contributed by atoms with Crippen LogP contribution in [0.2, 0.25) is 0 Å². The van der Waals surface area contributed by atoms with E-state index in [1.54, 1.807) is 12.1 Å². The Morgan fingerprint density at radius 2 is 2.21 bits per heavy atom. The molecule has 0 amide bonds. The normalized spacial score (nSPS) is 21.1. The van der Waals surface area contributed by atoms with E-state index in [2.05, 4.69) is 10.3 Å². The van der Waals surface area contributed by atoms with Crippen molar-refractivity contribution in [2.24, 2.45) is 0 Å². The highest BCUT2D eigenvalue weighted by molar-refractivity contribution is 5.83. The van der Waals surface area contributed by atoms with Crippen LogP contribution < -0.4 is 5.32 Å². The summed E-state index contributed by atoms with van der Waals surface area (Å²) in [6.45, 7) is 1.06. The smallest absolute Gasteiger partial charge is 0.123 e. The van der Waals surface area contributed by atoms with Gasteiger partial charge in [0.15, 0.2) is 0 Å². The molecule has 1 atom stereocenters. The van der Waals surface area contributed by atoms with Crippen molar-refractivity contribution in [2.45, 2.75) is 12.5 Å². The second kappa shape index (κ2) is 2.82. The summed E-state index contributed by atoms with van der Waals surface area (Å²) < 4.78 is 13.0. The molecule has 1 aromatic carbocycles. The molecule has 0 saturated carbocycles. The first kappa shape index (κ1) is 8.00. The van der Waals surface area contributed by atoms with Crippen LogP contribution in [0.1, 0.15) is 18.0 Å². The molecule has 1 saturated heterocycles. The molecule has 1 fully saturated rings. The molecule has 0 bridgehead atoms. The van der Waals surface area contributed by atoms with Gasteiger partial charge < -0.3 is 10.3 Å². The van der Waals surface area contributed by atoms with Crippen LogP contribution in [0.4, 0.5) is 4.39 Å². The van der Waals surface area contributed by atoms with E-state index in [0.717, 1.165) is 23.9 Å². The Balaban J connectivity index is 2.18. The monoisotopic (exact) mass is 190 g/mol. The number of aromatic nitrogens is 1. The number of rotatable bonds is 1. The lowest BCUT2D eigenvalue weighted by Crippen LogP contribution is -2.34. The maximum absolute atomic E-state index is 13.0. The van der Waals surface area contributed by atoms with E-state index in [1.807, 2.05) is 6.20 Å². The molecule has 1 aliphatic heterocycles. The minimum Gasteiger partial charge on any atom is -0.361 e. The average Bonchev–Trinajstić information content (AvgIpc) is 2.46. The topological polar surface area (TPSA) is 27.8 Å².